The summed E-state index contributed by atoms with van der Waals surface area (Å²) in [6, 6.07) is 14.1. The first kappa shape index (κ1) is 65.1. The summed E-state index contributed by atoms with van der Waals surface area (Å²) in [5.74, 6) is -2.71. The first-order valence-electron chi connectivity index (χ1n) is 27.6. The maximum absolute atomic E-state index is 14.2. The molecule has 6 rings (SSSR count). The molecule has 3 aromatic carbocycles. The van der Waals surface area contributed by atoms with Crippen molar-refractivity contribution in [3.63, 3.8) is 0 Å². The van der Waals surface area contributed by atoms with Gasteiger partial charge >= 0.3 is 35.8 Å². The van der Waals surface area contributed by atoms with Gasteiger partial charge in [0.15, 0.2) is 23.0 Å². The Morgan fingerprint density at radius 3 is 1.56 bits per heavy atom. The number of nitrogens with zero attached hydrogens (tertiary/aromatic N) is 2. The van der Waals surface area contributed by atoms with E-state index in [0.717, 1.165) is 30.0 Å². The Balaban J connectivity index is 1.28. The molecular weight excluding hydrogens is 1090 g/mol. The van der Waals surface area contributed by atoms with Gasteiger partial charge in [0.25, 0.3) is 0 Å². The van der Waals surface area contributed by atoms with Crippen LogP contribution in [0.5, 0.6) is 28.7 Å². The number of carbonyl (C=O) groups excluding carboxylic acids is 6. The van der Waals surface area contributed by atoms with Crippen LogP contribution < -0.4 is 23.7 Å². The monoisotopic (exact) mass is 1160 g/mol. The minimum absolute atomic E-state index is 0.0267. The summed E-state index contributed by atoms with van der Waals surface area (Å²) in [4.78, 5) is 76.4. The number of fused-ring (bicyclic) bond motifs is 3. The van der Waals surface area contributed by atoms with E-state index >= 15 is 0 Å². The number of hydrogen-bond acceptors (Lipinski definition) is 18. The summed E-state index contributed by atoms with van der Waals surface area (Å²) in [6.07, 6.45) is 22.9. The number of ether oxygens (including phenoxy) is 10. The Hall–Kier alpha value is -9.06. The second kappa shape index (κ2) is 28.0. The van der Waals surface area contributed by atoms with E-state index in [2.05, 4.69) is 55.7 Å². The van der Waals surface area contributed by atoms with Crippen LogP contribution in [-0.2, 0) is 49.3 Å². The molecule has 450 valence electrons. The quantitative estimate of drug-likeness (QED) is 0.0157. The average molecular weight is 1170 g/mol. The maximum atomic E-state index is 14.2. The lowest BCUT2D eigenvalue weighted by molar-refractivity contribution is -0.154. The third kappa shape index (κ3) is 19.0. The molecule has 0 saturated heterocycles. The molecule has 0 spiro atoms. The summed E-state index contributed by atoms with van der Waals surface area (Å²) in [6.45, 7) is 30.4. The fourth-order valence-corrected chi connectivity index (χ4v) is 9.74. The molecule has 0 aromatic heterocycles. The van der Waals surface area contributed by atoms with E-state index in [1.807, 2.05) is 24.3 Å². The van der Waals surface area contributed by atoms with Crippen molar-refractivity contribution < 1.29 is 76.1 Å². The topological polar surface area (TPSA) is 219 Å². The maximum Gasteiger partial charge on any atom is 0.343 e. The lowest BCUT2D eigenvalue weighted by Gasteiger charge is -2.36. The van der Waals surface area contributed by atoms with Crippen molar-refractivity contribution in [1.29, 1.82) is 0 Å². The van der Waals surface area contributed by atoms with Crippen LogP contribution in [0.15, 0.2) is 164 Å². The second-order valence-corrected chi connectivity index (χ2v) is 23.4. The molecule has 3 aromatic rings. The molecule has 3 aliphatic carbocycles. The lowest BCUT2D eigenvalue weighted by atomic mass is 9.83. The molecule has 0 radical (unpaired) electrons. The lowest BCUT2D eigenvalue weighted by Crippen LogP contribution is -2.40. The van der Waals surface area contributed by atoms with E-state index in [-0.39, 0.29) is 103 Å². The summed E-state index contributed by atoms with van der Waals surface area (Å²) >= 11 is 0. The Morgan fingerprint density at radius 1 is 0.494 bits per heavy atom. The van der Waals surface area contributed by atoms with Gasteiger partial charge in [-0.1, -0.05) is 81.0 Å². The molecule has 18 heteroatoms. The molecule has 3 aliphatic rings. The second-order valence-electron chi connectivity index (χ2n) is 23.4. The number of carbonyl (C=O) groups is 6. The predicted molar refractivity (Wildman–Crippen MR) is 321 cm³/mol. The Morgan fingerprint density at radius 2 is 0.988 bits per heavy atom. The van der Waals surface area contributed by atoms with Crippen molar-refractivity contribution in [1.82, 2.24) is 0 Å². The van der Waals surface area contributed by atoms with Crippen molar-refractivity contribution >= 4 is 47.7 Å². The molecule has 0 bridgehead atoms. The Bertz CT molecular complexity index is 3200. The number of allylic oxidation sites excluding steroid dienone is 8. The van der Waals surface area contributed by atoms with Crippen LogP contribution in [-0.4, -0.2) is 102 Å². The van der Waals surface area contributed by atoms with Gasteiger partial charge in [0.1, 0.15) is 53.6 Å². The van der Waals surface area contributed by atoms with E-state index < -0.39 is 63.8 Å². The first-order chi connectivity index (χ1) is 40.0. The molecular formula is C67H76N2O16. The highest BCUT2D eigenvalue weighted by atomic mass is 16.6. The Labute approximate surface area is 497 Å². The van der Waals surface area contributed by atoms with Gasteiger partial charge in [-0.25, -0.2) is 28.8 Å². The van der Waals surface area contributed by atoms with E-state index in [1.165, 1.54) is 36.5 Å². The van der Waals surface area contributed by atoms with Gasteiger partial charge in [0.2, 0.25) is 0 Å². The Kier molecular flexibility index (Phi) is 21.5. The van der Waals surface area contributed by atoms with Crippen LogP contribution in [0.2, 0.25) is 0 Å². The minimum Gasteiger partial charge on any atom is -0.486 e. The van der Waals surface area contributed by atoms with Gasteiger partial charge in [-0.2, -0.15) is 10.2 Å². The van der Waals surface area contributed by atoms with Gasteiger partial charge in [0.05, 0.1) is 29.7 Å². The highest BCUT2D eigenvalue weighted by Crippen LogP contribution is 2.46. The van der Waals surface area contributed by atoms with Gasteiger partial charge < -0.3 is 47.4 Å². The van der Waals surface area contributed by atoms with Crippen LogP contribution in [0.4, 0.5) is 0 Å². The van der Waals surface area contributed by atoms with Crippen LogP contribution >= 0.6 is 0 Å². The zero-order chi connectivity index (χ0) is 62.3. The number of hydrogen-bond donors (Lipinski definition) is 0. The number of rotatable bonds is 29. The van der Waals surface area contributed by atoms with E-state index in [9.17, 15) is 28.8 Å². The zero-order valence-corrected chi connectivity index (χ0v) is 50.0. The van der Waals surface area contributed by atoms with Gasteiger partial charge in [-0.3, -0.25) is 0 Å². The third-order valence-corrected chi connectivity index (χ3v) is 13.2. The highest BCUT2D eigenvalue weighted by molar-refractivity contribution is 5.97. The molecule has 0 aliphatic heterocycles. The molecule has 4 unspecified atom stereocenters. The van der Waals surface area contributed by atoms with Gasteiger partial charge in [-0.05, 0) is 135 Å². The average Bonchev–Trinajstić information content (AvgIpc) is 2.16. The highest BCUT2D eigenvalue weighted by Gasteiger charge is 2.45. The van der Waals surface area contributed by atoms with Crippen molar-refractivity contribution in [2.24, 2.45) is 33.9 Å². The first-order valence-corrected chi connectivity index (χ1v) is 27.6. The molecule has 0 N–H and O–H groups in total. The van der Waals surface area contributed by atoms with Crippen LogP contribution in [0, 0.1) is 23.7 Å². The molecule has 18 nitrogen and oxygen atoms in total. The molecule has 1 saturated carbocycles. The number of esters is 6. The van der Waals surface area contributed by atoms with Crippen molar-refractivity contribution in [3.8, 4) is 28.7 Å². The summed E-state index contributed by atoms with van der Waals surface area (Å²) in [5.41, 5.74) is -3.13. The molecule has 85 heavy (non-hydrogen) atoms. The van der Waals surface area contributed by atoms with Crippen molar-refractivity contribution in [2.45, 2.75) is 110 Å². The van der Waals surface area contributed by atoms with E-state index in [1.54, 1.807) is 93.5 Å². The SMILES string of the molecule is C=CC(=O)OCC(C)(C)Oc1ccc(C(=O)OCCc2ccc(OC(=O)c3ccc(OCC(C)(C)OC(=O)C=C)c(OCC(C)(C)OC(=O)C=C)c3)c(/C=N/N=C3C4C=CC=CC4C4C=CC=CC34)c2)cc1OC(C)(C)CC(C)(C)OC(=O)C=C. The van der Waals surface area contributed by atoms with Crippen LogP contribution in [0.25, 0.3) is 0 Å². The molecule has 1 fully saturated rings. The largest absolute Gasteiger partial charge is 0.486 e. The molecule has 0 heterocycles. The van der Waals surface area contributed by atoms with Crippen molar-refractivity contribution in [3.05, 3.63) is 176 Å². The minimum atomic E-state index is -1.14. The van der Waals surface area contributed by atoms with Crippen molar-refractivity contribution in [2.75, 3.05) is 26.4 Å². The molecule has 4 atom stereocenters. The van der Waals surface area contributed by atoms with Crippen LogP contribution in [0.3, 0.4) is 0 Å². The third-order valence-electron chi connectivity index (χ3n) is 13.2. The fraction of sp³-hybridized carbons (Fsp3) is 0.373. The predicted octanol–water partition coefficient (Wildman–Crippen LogP) is 11.5. The normalized spacial score (nSPS) is 17.1. The number of benzene rings is 3. The summed E-state index contributed by atoms with van der Waals surface area (Å²) in [7, 11) is 0. The standard InChI is InChI=1S/C67H76N2O16/c1-15-56(70)79-42-65(9,10)81-53-32-29-44(37-55(53)82-63(5,6)39-64(7,8)83-57(71)16-2)61(74)76-34-33-43-27-30-51(46(35-43)38-68-69-60-49-25-21-19-23-47(49)48-24-20-22-26-50(48)60)80-62(75)45-28-31-52(77-40-66(11,12)84-58(72)17-3)54(36-45)78-41-67(13,14)85-59(73)18-4/h15-32,35-38,47-50H,1-4,33-34,39-42H2,5-14H3/b68-38+,69-60?. The van der Waals surface area contributed by atoms with Gasteiger partial charge in [-0.15, -0.1) is 0 Å². The summed E-state index contributed by atoms with van der Waals surface area (Å²) < 4.78 is 58.8. The van der Waals surface area contributed by atoms with E-state index in [4.69, 9.17) is 52.5 Å². The fourth-order valence-electron chi connectivity index (χ4n) is 9.74. The summed E-state index contributed by atoms with van der Waals surface area (Å²) in [5, 5.41) is 9.40. The smallest absolute Gasteiger partial charge is 0.343 e. The van der Waals surface area contributed by atoms with E-state index in [0.29, 0.717) is 11.1 Å². The zero-order valence-electron chi connectivity index (χ0n) is 50.0. The molecule has 0 amide bonds. The van der Waals surface area contributed by atoms with Crippen LogP contribution in [0.1, 0.15) is 108 Å². The van der Waals surface area contributed by atoms with Gasteiger partial charge in [0, 0.05) is 54.5 Å².